The second-order valence-electron chi connectivity index (χ2n) is 8.80. The van der Waals surface area contributed by atoms with Gasteiger partial charge in [-0.25, -0.2) is 14.1 Å². The topological polar surface area (TPSA) is 42.5 Å². The van der Waals surface area contributed by atoms with Crippen molar-refractivity contribution < 1.29 is 4.39 Å². The molecule has 1 aromatic heterocycles. The normalized spacial score (nSPS) is 18.5. The molecule has 0 saturated heterocycles. The van der Waals surface area contributed by atoms with Crippen molar-refractivity contribution in [1.82, 2.24) is 9.78 Å². The summed E-state index contributed by atoms with van der Waals surface area (Å²) in [6.07, 6.45) is 8.08. The van der Waals surface area contributed by atoms with E-state index in [1.54, 1.807) is 16.8 Å². The summed E-state index contributed by atoms with van der Waals surface area (Å²) in [5.41, 5.74) is 7.09. The number of rotatable bonds is 6. The Bertz CT molecular complexity index is 1230. The molecule has 33 heavy (non-hydrogen) atoms. The molecule has 0 saturated carbocycles. The van der Waals surface area contributed by atoms with Crippen molar-refractivity contribution in [3.05, 3.63) is 77.2 Å². The summed E-state index contributed by atoms with van der Waals surface area (Å²) < 4.78 is 15.2. The zero-order chi connectivity index (χ0) is 23.5. The summed E-state index contributed by atoms with van der Waals surface area (Å²) in [6, 6.07) is 12.8. The fourth-order valence-electron chi connectivity index (χ4n) is 4.13. The molecule has 1 aliphatic heterocycles. The summed E-state index contributed by atoms with van der Waals surface area (Å²) in [4.78, 5) is 9.85. The molecule has 0 amide bonds. The molecular formula is C28H31FN4. The number of fused-ring (bicyclic) bond motifs is 1. The third kappa shape index (κ3) is 4.72. The molecule has 170 valence electrons. The van der Waals surface area contributed by atoms with Crippen molar-refractivity contribution in [2.75, 3.05) is 0 Å². The maximum Gasteiger partial charge on any atom is 0.163 e. The Hall–Kier alpha value is -3.34. The van der Waals surface area contributed by atoms with Gasteiger partial charge in [-0.05, 0) is 67.6 Å². The van der Waals surface area contributed by atoms with Gasteiger partial charge in [-0.1, -0.05) is 51.5 Å². The fourth-order valence-corrected chi connectivity index (χ4v) is 4.13. The van der Waals surface area contributed by atoms with Crippen LogP contribution >= 0.6 is 0 Å². The Morgan fingerprint density at radius 1 is 1.12 bits per heavy atom. The average molecular weight is 443 g/mol. The second kappa shape index (κ2) is 9.65. The number of benzene rings is 2. The highest BCUT2D eigenvalue weighted by Crippen LogP contribution is 2.38. The second-order valence-corrected chi connectivity index (χ2v) is 8.80. The number of allylic oxidation sites excluding steroid dienone is 1. The molecule has 0 aliphatic carbocycles. The highest BCUT2D eigenvalue weighted by molar-refractivity contribution is 6.02. The minimum Gasteiger partial charge on any atom is -0.258 e. The average Bonchev–Trinajstić information content (AvgIpc) is 3.20. The minimum atomic E-state index is -0.274. The molecule has 2 unspecified atom stereocenters. The predicted molar refractivity (Wildman–Crippen MR) is 136 cm³/mol. The molecule has 4 nitrogen and oxygen atoms in total. The van der Waals surface area contributed by atoms with Gasteiger partial charge in [-0.2, -0.15) is 5.10 Å². The van der Waals surface area contributed by atoms with Crippen molar-refractivity contribution in [3.8, 4) is 5.69 Å². The zero-order valence-corrected chi connectivity index (χ0v) is 20.0. The van der Waals surface area contributed by atoms with Crippen molar-refractivity contribution in [3.63, 3.8) is 0 Å². The van der Waals surface area contributed by atoms with Crippen LogP contribution in [-0.4, -0.2) is 21.2 Å². The minimum absolute atomic E-state index is 0.274. The standard InChI is InChI=1S/C28H31FN4/c1-6-7-8-9-23-17-30-33(25-13-11-24(29)12-14-25)28(23)32-21(5)22-10-15-26-19(3)18(2)20(4)31-27(26)16-22/h8-19H,6-7H2,1-5H3/b9-8?,32-21+. The van der Waals surface area contributed by atoms with Crippen LogP contribution in [0.1, 0.15) is 70.1 Å². The number of aromatic nitrogens is 2. The van der Waals surface area contributed by atoms with Crippen LogP contribution in [0.5, 0.6) is 0 Å². The van der Waals surface area contributed by atoms with Crippen molar-refractivity contribution in [2.45, 2.75) is 53.4 Å². The van der Waals surface area contributed by atoms with Gasteiger partial charge in [0.1, 0.15) is 5.82 Å². The molecule has 4 rings (SSSR count). The lowest BCUT2D eigenvalue weighted by molar-refractivity contribution is 0.612. The number of hydrogen-bond donors (Lipinski definition) is 0. The summed E-state index contributed by atoms with van der Waals surface area (Å²) >= 11 is 0. The molecular weight excluding hydrogens is 411 g/mol. The summed E-state index contributed by atoms with van der Waals surface area (Å²) in [5.74, 6) is 1.34. The highest BCUT2D eigenvalue weighted by atomic mass is 19.1. The van der Waals surface area contributed by atoms with Crippen molar-refractivity contribution >= 4 is 29.0 Å². The first-order valence-electron chi connectivity index (χ1n) is 11.6. The Morgan fingerprint density at radius 2 is 1.88 bits per heavy atom. The summed E-state index contributed by atoms with van der Waals surface area (Å²) in [7, 11) is 0. The van der Waals surface area contributed by atoms with E-state index in [1.807, 2.05) is 13.1 Å². The van der Waals surface area contributed by atoms with Crippen LogP contribution in [0, 0.1) is 11.7 Å². The summed E-state index contributed by atoms with van der Waals surface area (Å²) in [6.45, 7) is 10.8. The smallest absolute Gasteiger partial charge is 0.163 e. The maximum atomic E-state index is 13.5. The SMILES string of the molecule is CCCC=Cc1cnn(-c2ccc(F)cc2)c1/N=C(\C)c1ccc2c(c1)N=C(C)C(C)C2C. The van der Waals surface area contributed by atoms with E-state index in [4.69, 9.17) is 9.98 Å². The predicted octanol–water partition coefficient (Wildman–Crippen LogP) is 7.81. The number of nitrogens with zero attached hydrogens (tertiary/aromatic N) is 4. The van der Waals surface area contributed by atoms with Crippen LogP contribution in [-0.2, 0) is 0 Å². The molecule has 1 aliphatic rings. The van der Waals surface area contributed by atoms with Crippen LogP contribution in [0.15, 0.2) is 64.7 Å². The van der Waals surface area contributed by atoms with Gasteiger partial charge in [-0.15, -0.1) is 0 Å². The fraction of sp³-hybridized carbons (Fsp3) is 0.321. The van der Waals surface area contributed by atoms with Gasteiger partial charge in [0, 0.05) is 22.9 Å². The Morgan fingerprint density at radius 3 is 2.61 bits per heavy atom. The monoisotopic (exact) mass is 442 g/mol. The number of aliphatic imine (C=N–C) groups is 2. The quantitative estimate of drug-likeness (QED) is 0.359. The largest absolute Gasteiger partial charge is 0.258 e. The number of halogens is 1. The third-order valence-corrected chi connectivity index (χ3v) is 6.51. The lowest BCUT2D eigenvalue weighted by Crippen LogP contribution is -2.18. The van der Waals surface area contributed by atoms with Gasteiger partial charge in [0.2, 0.25) is 0 Å². The molecule has 0 fully saturated rings. The lowest BCUT2D eigenvalue weighted by Gasteiger charge is -2.27. The van der Waals surface area contributed by atoms with E-state index >= 15 is 0 Å². The first kappa shape index (κ1) is 22.8. The van der Waals surface area contributed by atoms with Gasteiger partial charge in [0.15, 0.2) is 5.82 Å². The molecule has 3 aromatic rings. The van der Waals surface area contributed by atoms with E-state index in [-0.39, 0.29) is 5.82 Å². The van der Waals surface area contributed by atoms with E-state index in [2.05, 4.69) is 63.1 Å². The summed E-state index contributed by atoms with van der Waals surface area (Å²) in [5, 5.41) is 4.55. The van der Waals surface area contributed by atoms with Gasteiger partial charge < -0.3 is 0 Å². The Labute approximate surface area is 195 Å². The third-order valence-electron chi connectivity index (χ3n) is 6.51. The molecule has 2 heterocycles. The zero-order valence-electron chi connectivity index (χ0n) is 20.0. The van der Waals surface area contributed by atoms with E-state index in [0.29, 0.717) is 11.8 Å². The molecule has 0 bridgehead atoms. The maximum absolute atomic E-state index is 13.5. The van der Waals surface area contributed by atoms with Crippen LogP contribution in [0.3, 0.4) is 0 Å². The number of hydrogen-bond acceptors (Lipinski definition) is 3. The van der Waals surface area contributed by atoms with E-state index in [1.165, 1.54) is 23.4 Å². The van der Waals surface area contributed by atoms with Crippen molar-refractivity contribution in [1.29, 1.82) is 0 Å². The molecule has 2 aromatic carbocycles. The molecule has 5 heteroatoms. The molecule has 0 radical (unpaired) electrons. The molecule has 0 spiro atoms. The van der Waals surface area contributed by atoms with E-state index in [0.717, 1.165) is 46.9 Å². The molecule has 2 atom stereocenters. The number of unbranched alkanes of at least 4 members (excludes halogenated alkanes) is 1. The first-order valence-corrected chi connectivity index (χ1v) is 11.6. The van der Waals surface area contributed by atoms with Crippen LogP contribution < -0.4 is 0 Å². The van der Waals surface area contributed by atoms with E-state index in [9.17, 15) is 4.39 Å². The Kier molecular flexibility index (Phi) is 6.68. The van der Waals surface area contributed by atoms with Gasteiger partial charge in [0.05, 0.1) is 17.6 Å². The van der Waals surface area contributed by atoms with E-state index < -0.39 is 0 Å². The van der Waals surface area contributed by atoms with Gasteiger partial charge >= 0.3 is 0 Å². The Balaban J connectivity index is 1.77. The van der Waals surface area contributed by atoms with Crippen molar-refractivity contribution in [2.24, 2.45) is 15.9 Å². The van der Waals surface area contributed by atoms with Crippen LogP contribution in [0.4, 0.5) is 15.9 Å². The molecule has 0 N–H and O–H groups in total. The van der Waals surface area contributed by atoms with Crippen LogP contribution in [0.2, 0.25) is 0 Å². The lowest BCUT2D eigenvalue weighted by atomic mass is 9.82. The van der Waals surface area contributed by atoms with Crippen LogP contribution in [0.25, 0.3) is 11.8 Å². The first-order chi connectivity index (χ1) is 15.9. The van der Waals surface area contributed by atoms with Gasteiger partial charge in [-0.3, -0.25) is 4.99 Å². The van der Waals surface area contributed by atoms with Gasteiger partial charge in [0.25, 0.3) is 0 Å². The highest BCUT2D eigenvalue weighted by Gasteiger charge is 2.24.